The van der Waals surface area contributed by atoms with Crippen LogP contribution in [0.5, 0.6) is 0 Å². The first-order valence-corrected chi connectivity index (χ1v) is 6.68. The van der Waals surface area contributed by atoms with E-state index in [0.29, 0.717) is 6.54 Å². The summed E-state index contributed by atoms with van der Waals surface area (Å²) in [4.78, 5) is 6.69. The number of nitrogens with zero attached hydrogens (tertiary/aromatic N) is 2. The van der Waals surface area contributed by atoms with E-state index in [-0.39, 0.29) is 6.04 Å². The molecule has 4 nitrogen and oxygen atoms in total. The largest absolute Gasteiger partial charge is 0.388 e. The van der Waals surface area contributed by atoms with Gasteiger partial charge in [0.05, 0.1) is 23.2 Å². The lowest BCUT2D eigenvalue weighted by Crippen LogP contribution is -2.29. The lowest BCUT2D eigenvalue weighted by Gasteiger charge is -2.21. The van der Waals surface area contributed by atoms with Gasteiger partial charge < -0.3 is 15.3 Å². The molecule has 2 unspecified atom stereocenters. The van der Waals surface area contributed by atoms with Crippen molar-refractivity contribution in [1.82, 2.24) is 10.3 Å². The van der Waals surface area contributed by atoms with Crippen molar-refractivity contribution in [3.8, 4) is 0 Å². The minimum atomic E-state index is -0.560. The molecule has 1 aliphatic heterocycles. The third-order valence-electron chi connectivity index (χ3n) is 3.54. The average molecular weight is 249 g/mol. The predicted molar refractivity (Wildman–Crippen MR) is 73.8 cm³/mol. The van der Waals surface area contributed by atoms with Gasteiger partial charge in [-0.05, 0) is 38.9 Å². The van der Waals surface area contributed by atoms with Crippen LogP contribution in [-0.2, 0) is 0 Å². The Hall–Kier alpha value is -1.13. The molecule has 0 aliphatic carbocycles. The molecule has 1 aromatic rings. The molecule has 0 radical (unpaired) electrons. The maximum atomic E-state index is 9.97. The molecule has 0 bridgehead atoms. The number of nitrogens with one attached hydrogen (secondary N) is 1. The van der Waals surface area contributed by atoms with E-state index in [4.69, 9.17) is 0 Å². The third kappa shape index (κ3) is 3.00. The lowest BCUT2D eigenvalue weighted by atomic mass is 10.1. The molecule has 0 amide bonds. The Balaban J connectivity index is 2.04. The summed E-state index contributed by atoms with van der Waals surface area (Å²) in [6, 6.07) is 4.44. The van der Waals surface area contributed by atoms with Crippen LogP contribution in [0.1, 0.15) is 38.9 Å². The Labute approximate surface area is 109 Å². The Morgan fingerprint density at radius 1 is 1.56 bits per heavy atom. The lowest BCUT2D eigenvalue weighted by molar-refractivity contribution is 0.0839. The van der Waals surface area contributed by atoms with Crippen LogP contribution < -0.4 is 10.2 Å². The fourth-order valence-corrected chi connectivity index (χ4v) is 2.42. The minimum Gasteiger partial charge on any atom is -0.388 e. The highest BCUT2D eigenvalue weighted by molar-refractivity contribution is 5.46. The second kappa shape index (κ2) is 5.24. The summed E-state index contributed by atoms with van der Waals surface area (Å²) in [6.45, 7) is 8.64. The monoisotopic (exact) mass is 249 g/mol. The predicted octanol–water partition coefficient (Wildman–Crippen LogP) is 1.71. The first-order chi connectivity index (χ1) is 8.52. The maximum Gasteiger partial charge on any atom is 0.0810 e. The zero-order chi connectivity index (χ0) is 13.2. The summed E-state index contributed by atoms with van der Waals surface area (Å²) in [5, 5.41) is 13.3. The molecule has 0 aromatic carbocycles. The van der Waals surface area contributed by atoms with Crippen molar-refractivity contribution in [2.75, 3.05) is 24.5 Å². The van der Waals surface area contributed by atoms with Crippen molar-refractivity contribution >= 4 is 5.69 Å². The van der Waals surface area contributed by atoms with Crippen LogP contribution >= 0.6 is 0 Å². The van der Waals surface area contributed by atoms with Gasteiger partial charge in [-0.15, -0.1) is 0 Å². The Kier molecular flexibility index (Phi) is 3.88. The first kappa shape index (κ1) is 13.3. The van der Waals surface area contributed by atoms with Crippen molar-refractivity contribution in [3.05, 3.63) is 24.0 Å². The molecule has 2 atom stereocenters. The van der Waals surface area contributed by atoms with Gasteiger partial charge in [0.15, 0.2) is 0 Å². The molecule has 1 aliphatic rings. The summed E-state index contributed by atoms with van der Waals surface area (Å²) in [7, 11) is 0. The number of hydrogen-bond acceptors (Lipinski definition) is 4. The standard InChI is InChI=1S/C14H23N3O/c1-4-15-11(2)13-6-5-12(9-16-13)17-8-7-14(3,18)10-17/h5-6,9,11,15,18H,4,7-8,10H2,1-3H3. The molecule has 2 heterocycles. The van der Waals surface area contributed by atoms with E-state index in [1.807, 2.05) is 13.1 Å². The number of β-amino-alcohol motifs (C(OH)–C–C–N with tert-alkyl or cyclic N) is 1. The average Bonchev–Trinajstić information content (AvgIpc) is 2.70. The highest BCUT2D eigenvalue weighted by Crippen LogP contribution is 2.26. The van der Waals surface area contributed by atoms with E-state index >= 15 is 0 Å². The topological polar surface area (TPSA) is 48.4 Å². The van der Waals surface area contributed by atoms with Crippen LogP contribution in [-0.4, -0.2) is 35.3 Å². The van der Waals surface area contributed by atoms with Crippen LogP contribution in [0, 0.1) is 0 Å². The summed E-state index contributed by atoms with van der Waals surface area (Å²) >= 11 is 0. The molecular weight excluding hydrogens is 226 g/mol. The van der Waals surface area contributed by atoms with E-state index < -0.39 is 5.60 Å². The zero-order valence-corrected chi connectivity index (χ0v) is 11.5. The molecule has 0 saturated carbocycles. The van der Waals surface area contributed by atoms with Gasteiger partial charge >= 0.3 is 0 Å². The highest BCUT2D eigenvalue weighted by Gasteiger charge is 2.31. The van der Waals surface area contributed by atoms with Gasteiger partial charge in [-0.3, -0.25) is 4.98 Å². The van der Waals surface area contributed by atoms with Crippen molar-refractivity contribution in [2.45, 2.75) is 38.8 Å². The summed E-state index contributed by atoms with van der Waals surface area (Å²) in [5.74, 6) is 0. The fraction of sp³-hybridized carbons (Fsp3) is 0.643. The molecule has 0 spiro atoms. The van der Waals surface area contributed by atoms with Gasteiger partial charge in [0.2, 0.25) is 0 Å². The van der Waals surface area contributed by atoms with Gasteiger partial charge in [-0.25, -0.2) is 0 Å². The Bertz CT molecular complexity index is 389. The van der Waals surface area contributed by atoms with Gasteiger partial charge in [0.25, 0.3) is 0 Å². The highest BCUT2D eigenvalue weighted by atomic mass is 16.3. The van der Waals surface area contributed by atoms with Gasteiger partial charge in [0, 0.05) is 19.1 Å². The number of anilines is 1. The van der Waals surface area contributed by atoms with E-state index in [0.717, 1.165) is 30.9 Å². The summed E-state index contributed by atoms with van der Waals surface area (Å²) in [6.07, 6.45) is 2.73. The minimum absolute atomic E-state index is 0.283. The number of aromatic nitrogens is 1. The number of pyridine rings is 1. The molecule has 1 fully saturated rings. The molecular formula is C14H23N3O. The van der Waals surface area contributed by atoms with Crippen LogP contribution in [0.25, 0.3) is 0 Å². The number of rotatable bonds is 4. The van der Waals surface area contributed by atoms with Crippen LogP contribution in [0.2, 0.25) is 0 Å². The smallest absolute Gasteiger partial charge is 0.0810 e. The van der Waals surface area contributed by atoms with Gasteiger partial charge in [-0.1, -0.05) is 6.92 Å². The number of aliphatic hydroxyl groups is 1. The quantitative estimate of drug-likeness (QED) is 0.853. The molecule has 1 saturated heterocycles. The van der Waals surface area contributed by atoms with Crippen LogP contribution in [0.4, 0.5) is 5.69 Å². The van der Waals surface area contributed by atoms with E-state index in [2.05, 4.69) is 41.2 Å². The molecule has 1 aromatic heterocycles. The Morgan fingerprint density at radius 2 is 2.33 bits per heavy atom. The van der Waals surface area contributed by atoms with Crippen LogP contribution in [0.15, 0.2) is 18.3 Å². The summed E-state index contributed by atoms with van der Waals surface area (Å²) < 4.78 is 0. The van der Waals surface area contributed by atoms with E-state index in [1.54, 1.807) is 0 Å². The summed E-state index contributed by atoms with van der Waals surface area (Å²) in [5.41, 5.74) is 1.60. The first-order valence-electron chi connectivity index (χ1n) is 6.68. The zero-order valence-electron chi connectivity index (χ0n) is 11.5. The van der Waals surface area contributed by atoms with E-state index in [9.17, 15) is 5.11 Å². The van der Waals surface area contributed by atoms with Crippen molar-refractivity contribution in [1.29, 1.82) is 0 Å². The van der Waals surface area contributed by atoms with E-state index in [1.165, 1.54) is 0 Å². The second-order valence-corrected chi connectivity index (χ2v) is 5.39. The number of hydrogen-bond donors (Lipinski definition) is 2. The molecule has 100 valence electrons. The maximum absolute atomic E-state index is 9.97. The molecule has 2 N–H and O–H groups in total. The van der Waals surface area contributed by atoms with Crippen LogP contribution in [0.3, 0.4) is 0 Å². The normalized spacial score (nSPS) is 25.4. The molecule has 18 heavy (non-hydrogen) atoms. The SMILES string of the molecule is CCNC(C)c1ccc(N2CCC(C)(O)C2)cn1. The second-order valence-electron chi connectivity index (χ2n) is 5.39. The van der Waals surface area contributed by atoms with Crippen molar-refractivity contribution in [2.24, 2.45) is 0 Å². The molecule has 2 rings (SSSR count). The third-order valence-corrected chi connectivity index (χ3v) is 3.54. The molecule has 4 heteroatoms. The van der Waals surface area contributed by atoms with Crippen molar-refractivity contribution < 1.29 is 5.11 Å². The van der Waals surface area contributed by atoms with Gasteiger partial charge in [0.1, 0.15) is 0 Å². The fourth-order valence-electron chi connectivity index (χ4n) is 2.42. The van der Waals surface area contributed by atoms with Crippen molar-refractivity contribution in [3.63, 3.8) is 0 Å². The Morgan fingerprint density at radius 3 is 2.83 bits per heavy atom. The van der Waals surface area contributed by atoms with Gasteiger partial charge in [-0.2, -0.15) is 0 Å².